The summed E-state index contributed by atoms with van der Waals surface area (Å²) in [7, 11) is 0. The van der Waals surface area contributed by atoms with Crippen molar-refractivity contribution in [3.05, 3.63) is 23.9 Å². The standard InChI is InChI=1S/C13H17ClF3N3/c14-3-7-19-5-1-6-20(9-8-19)12-10-11(2-4-18-12)13(15,16)17/h2,4,10H,1,3,5-9H2. The fourth-order valence-electron chi connectivity index (χ4n) is 2.31. The largest absolute Gasteiger partial charge is 0.416 e. The number of rotatable bonds is 3. The predicted molar refractivity (Wildman–Crippen MR) is 73.2 cm³/mol. The highest BCUT2D eigenvalue weighted by atomic mass is 35.5. The van der Waals surface area contributed by atoms with Crippen molar-refractivity contribution >= 4 is 17.4 Å². The molecule has 0 N–H and O–H groups in total. The summed E-state index contributed by atoms with van der Waals surface area (Å²) in [5.41, 5.74) is -0.649. The highest BCUT2D eigenvalue weighted by molar-refractivity contribution is 6.18. The normalized spacial score (nSPS) is 18.1. The number of aromatic nitrogens is 1. The van der Waals surface area contributed by atoms with E-state index < -0.39 is 11.7 Å². The molecule has 0 amide bonds. The van der Waals surface area contributed by atoms with E-state index in [2.05, 4.69) is 9.88 Å². The Hall–Kier alpha value is -1.01. The summed E-state index contributed by atoms with van der Waals surface area (Å²) in [6, 6.07) is 2.12. The van der Waals surface area contributed by atoms with Gasteiger partial charge in [0.15, 0.2) is 0 Å². The zero-order valence-electron chi connectivity index (χ0n) is 11.0. The van der Waals surface area contributed by atoms with E-state index in [1.807, 2.05) is 4.90 Å². The smallest absolute Gasteiger partial charge is 0.355 e. The lowest BCUT2D eigenvalue weighted by Gasteiger charge is -2.23. The Morgan fingerprint density at radius 1 is 1.20 bits per heavy atom. The van der Waals surface area contributed by atoms with Gasteiger partial charge >= 0.3 is 6.18 Å². The maximum atomic E-state index is 12.7. The minimum atomic E-state index is -4.33. The van der Waals surface area contributed by atoms with Gasteiger partial charge in [0.1, 0.15) is 5.82 Å². The molecule has 2 rings (SSSR count). The van der Waals surface area contributed by atoms with Crippen molar-refractivity contribution < 1.29 is 13.2 Å². The molecule has 0 spiro atoms. The molecule has 1 aliphatic heterocycles. The SMILES string of the molecule is FC(F)(F)c1ccnc(N2CCCN(CCCl)CC2)c1. The van der Waals surface area contributed by atoms with Gasteiger partial charge in [0.2, 0.25) is 0 Å². The third kappa shape index (κ3) is 3.99. The molecule has 7 heteroatoms. The van der Waals surface area contributed by atoms with Crippen molar-refractivity contribution in [2.45, 2.75) is 12.6 Å². The molecule has 1 aliphatic rings. The van der Waals surface area contributed by atoms with Crippen LogP contribution in [0.2, 0.25) is 0 Å². The summed E-state index contributed by atoms with van der Waals surface area (Å²) in [6.45, 7) is 3.91. The van der Waals surface area contributed by atoms with Gasteiger partial charge in [-0.05, 0) is 25.1 Å². The molecule has 3 nitrogen and oxygen atoms in total. The molecule has 0 bridgehead atoms. The van der Waals surface area contributed by atoms with Crippen LogP contribution in [0.5, 0.6) is 0 Å². The van der Waals surface area contributed by atoms with Gasteiger partial charge in [-0.2, -0.15) is 13.2 Å². The average molecular weight is 308 g/mol. The maximum Gasteiger partial charge on any atom is 0.416 e. The minimum absolute atomic E-state index is 0.396. The monoisotopic (exact) mass is 307 g/mol. The van der Waals surface area contributed by atoms with Gasteiger partial charge in [-0.1, -0.05) is 0 Å². The second-order valence-corrected chi connectivity index (χ2v) is 5.15. The number of nitrogens with zero attached hydrogens (tertiary/aromatic N) is 3. The quantitative estimate of drug-likeness (QED) is 0.801. The van der Waals surface area contributed by atoms with Crippen molar-refractivity contribution in [3.8, 4) is 0 Å². The summed E-state index contributed by atoms with van der Waals surface area (Å²) in [5, 5.41) is 0. The van der Waals surface area contributed by atoms with E-state index in [1.54, 1.807) is 0 Å². The molecule has 0 unspecified atom stereocenters. The molecule has 2 heterocycles. The lowest BCUT2D eigenvalue weighted by Crippen LogP contribution is -2.32. The average Bonchev–Trinajstić information content (AvgIpc) is 2.64. The van der Waals surface area contributed by atoms with Crippen molar-refractivity contribution in [2.75, 3.05) is 43.5 Å². The second kappa shape index (κ2) is 6.63. The molecule has 0 aliphatic carbocycles. The Labute approximate surface area is 121 Å². The number of hydrogen-bond acceptors (Lipinski definition) is 3. The number of halogens is 4. The minimum Gasteiger partial charge on any atom is -0.355 e. The first kappa shape index (κ1) is 15.4. The predicted octanol–water partition coefficient (Wildman–Crippen LogP) is 2.85. The molecule has 1 aromatic heterocycles. The molecule has 20 heavy (non-hydrogen) atoms. The Morgan fingerprint density at radius 2 is 2.00 bits per heavy atom. The lowest BCUT2D eigenvalue weighted by atomic mass is 10.2. The van der Waals surface area contributed by atoms with Crippen LogP contribution in [-0.2, 0) is 6.18 Å². The van der Waals surface area contributed by atoms with Crippen molar-refractivity contribution in [2.24, 2.45) is 0 Å². The van der Waals surface area contributed by atoms with Crippen molar-refractivity contribution in [1.82, 2.24) is 9.88 Å². The van der Waals surface area contributed by atoms with Crippen LogP contribution in [0.15, 0.2) is 18.3 Å². The zero-order chi connectivity index (χ0) is 14.6. The molecule has 1 fully saturated rings. The highest BCUT2D eigenvalue weighted by Gasteiger charge is 2.31. The van der Waals surface area contributed by atoms with Gasteiger partial charge in [0, 0.05) is 38.3 Å². The highest BCUT2D eigenvalue weighted by Crippen LogP contribution is 2.30. The first-order valence-electron chi connectivity index (χ1n) is 6.57. The van der Waals surface area contributed by atoms with Crippen LogP contribution in [0.3, 0.4) is 0 Å². The maximum absolute atomic E-state index is 12.7. The molecule has 0 atom stereocenters. The van der Waals surface area contributed by atoms with E-state index in [0.29, 0.717) is 24.8 Å². The van der Waals surface area contributed by atoms with E-state index in [9.17, 15) is 13.2 Å². The number of anilines is 1. The number of hydrogen-bond donors (Lipinski definition) is 0. The molecule has 0 aromatic carbocycles. The number of pyridine rings is 1. The molecule has 1 aromatic rings. The summed E-state index contributed by atoms with van der Waals surface area (Å²) in [4.78, 5) is 8.20. The Morgan fingerprint density at radius 3 is 2.70 bits per heavy atom. The Balaban J connectivity index is 2.08. The Kier molecular flexibility index (Phi) is 5.10. The molecule has 112 valence electrons. The first-order chi connectivity index (χ1) is 9.50. The fourth-order valence-corrected chi connectivity index (χ4v) is 2.55. The van der Waals surface area contributed by atoms with Gasteiger partial charge in [0.25, 0.3) is 0 Å². The van der Waals surface area contributed by atoms with Gasteiger partial charge in [-0.3, -0.25) is 0 Å². The van der Waals surface area contributed by atoms with E-state index in [4.69, 9.17) is 11.6 Å². The van der Waals surface area contributed by atoms with E-state index in [0.717, 1.165) is 38.2 Å². The summed E-state index contributed by atoms with van der Waals surface area (Å²) < 4.78 is 38.1. The van der Waals surface area contributed by atoms with E-state index >= 15 is 0 Å². The number of alkyl halides is 4. The Bertz CT molecular complexity index is 439. The molecular weight excluding hydrogens is 291 g/mol. The fraction of sp³-hybridized carbons (Fsp3) is 0.615. The molecule has 1 saturated heterocycles. The summed E-state index contributed by atoms with van der Waals surface area (Å²) in [5.74, 6) is 0.967. The van der Waals surface area contributed by atoms with Crippen LogP contribution in [0.25, 0.3) is 0 Å². The molecule has 0 radical (unpaired) electrons. The molecular formula is C13H17ClF3N3. The van der Waals surface area contributed by atoms with Gasteiger partial charge in [-0.25, -0.2) is 4.98 Å². The summed E-state index contributed by atoms with van der Waals surface area (Å²) >= 11 is 5.72. The van der Waals surface area contributed by atoms with Crippen LogP contribution in [0, 0.1) is 0 Å². The van der Waals surface area contributed by atoms with E-state index in [-0.39, 0.29) is 0 Å². The molecule has 0 saturated carbocycles. The van der Waals surface area contributed by atoms with Crippen LogP contribution in [0.4, 0.5) is 19.0 Å². The summed E-state index contributed by atoms with van der Waals surface area (Å²) in [6.07, 6.45) is -2.21. The van der Waals surface area contributed by atoms with Gasteiger partial charge in [0.05, 0.1) is 5.56 Å². The van der Waals surface area contributed by atoms with Crippen LogP contribution >= 0.6 is 11.6 Å². The van der Waals surface area contributed by atoms with Crippen LogP contribution in [0.1, 0.15) is 12.0 Å². The third-order valence-electron chi connectivity index (χ3n) is 3.39. The van der Waals surface area contributed by atoms with Gasteiger partial charge in [-0.15, -0.1) is 11.6 Å². The topological polar surface area (TPSA) is 19.4 Å². The van der Waals surface area contributed by atoms with Gasteiger partial charge < -0.3 is 9.80 Å². The van der Waals surface area contributed by atoms with Crippen LogP contribution < -0.4 is 4.90 Å². The first-order valence-corrected chi connectivity index (χ1v) is 7.10. The lowest BCUT2D eigenvalue weighted by molar-refractivity contribution is -0.137. The van der Waals surface area contributed by atoms with Crippen LogP contribution in [-0.4, -0.2) is 48.5 Å². The van der Waals surface area contributed by atoms with E-state index in [1.165, 1.54) is 6.20 Å². The van der Waals surface area contributed by atoms with Crippen molar-refractivity contribution in [1.29, 1.82) is 0 Å². The van der Waals surface area contributed by atoms with Crippen molar-refractivity contribution in [3.63, 3.8) is 0 Å². The third-order valence-corrected chi connectivity index (χ3v) is 3.56. The zero-order valence-corrected chi connectivity index (χ0v) is 11.8. The second-order valence-electron chi connectivity index (χ2n) is 4.77.